The first-order chi connectivity index (χ1) is 15.4. The highest BCUT2D eigenvalue weighted by molar-refractivity contribution is 7.15. The average Bonchev–Trinajstić information content (AvgIpc) is 3.34. The molecule has 0 saturated carbocycles. The summed E-state index contributed by atoms with van der Waals surface area (Å²) in [7, 11) is 3.08. The van der Waals surface area contributed by atoms with E-state index in [-0.39, 0.29) is 16.8 Å². The Bertz CT molecular complexity index is 1440. The zero-order valence-corrected chi connectivity index (χ0v) is 18.6. The molecule has 4 aromatic rings. The van der Waals surface area contributed by atoms with Crippen molar-refractivity contribution in [2.45, 2.75) is 19.9 Å². The minimum Gasteiger partial charge on any atom is -0.493 e. The Kier molecular flexibility index (Phi) is 4.70. The first-order valence-electron chi connectivity index (χ1n) is 9.86. The first-order valence-corrected chi connectivity index (χ1v) is 10.7. The fourth-order valence-corrected chi connectivity index (χ4v) is 4.72. The lowest BCUT2D eigenvalue weighted by molar-refractivity contribution is 0.0970. The zero-order chi connectivity index (χ0) is 22.6. The fraction of sp³-hybridized carbons (Fsp3) is 0.217. The molecule has 162 valence electrons. The third-order valence-electron chi connectivity index (χ3n) is 5.47. The van der Waals surface area contributed by atoms with Gasteiger partial charge in [0, 0.05) is 0 Å². The minimum absolute atomic E-state index is 0.0130. The van der Waals surface area contributed by atoms with Gasteiger partial charge in [0.1, 0.15) is 10.6 Å². The summed E-state index contributed by atoms with van der Waals surface area (Å²) >= 11 is 1.27. The standard InChI is InChI=1S/C23H19N3O5S/c1-11-5-7-15-14(9-11)20(27)18-19(13-6-8-16(29-3)17(10-13)30-4)26(22(28)21(18)31-15)23-25-24-12(2)32-23/h5-10,19H,1-4H3/t19-/m0/s1. The minimum atomic E-state index is -0.745. The van der Waals surface area contributed by atoms with Crippen molar-refractivity contribution in [2.24, 2.45) is 0 Å². The van der Waals surface area contributed by atoms with Crippen LogP contribution in [0.15, 0.2) is 45.6 Å². The van der Waals surface area contributed by atoms with Crippen LogP contribution in [0.3, 0.4) is 0 Å². The summed E-state index contributed by atoms with van der Waals surface area (Å²) in [6.07, 6.45) is 0. The number of anilines is 1. The van der Waals surface area contributed by atoms with Gasteiger partial charge in [0.15, 0.2) is 16.9 Å². The topological polar surface area (TPSA) is 94.8 Å². The van der Waals surface area contributed by atoms with Crippen molar-refractivity contribution < 1.29 is 18.7 Å². The SMILES string of the molecule is COc1ccc([C@H]2c3c(oc4ccc(C)cc4c3=O)C(=O)N2c2nnc(C)s2)cc1OC. The van der Waals surface area contributed by atoms with Crippen LogP contribution in [-0.4, -0.2) is 30.3 Å². The molecule has 0 bridgehead atoms. The Balaban J connectivity index is 1.81. The fourth-order valence-electron chi connectivity index (χ4n) is 4.01. The smallest absolute Gasteiger partial charge is 0.297 e. The Morgan fingerprint density at radius 1 is 1.00 bits per heavy atom. The highest BCUT2D eigenvalue weighted by Gasteiger charge is 2.45. The Hall–Kier alpha value is -3.72. The number of fused-ring (bicyclic) bond motifs is 2. The lowest BCUT2D eigenvalue weighted by atomic mass is 9.98. The summed E-state index contributed by atoms with van der Waals surface area (Å²) in [5, 5.41) is 9.75. The molecule has 0 aliphatic carbocycles. The third-order valence-corrected chi connectivity index (χ3v) is 6.31. The number of hydrogen-bond acceptors (Lipinski definition) is 8. The van der Waals surface area contributed by atoms with Gasteiger partial charge in [-0.25, -0.2) is 0 Å². The molecule has 1 amide bonds. The normalized spacial score (nSPS) is 15.3. The summed E-state index contributed by atoms with van der Waals surface area (Å²) in [5.41, 5.74) is 1.99. The molecule has 2 aromatic heterocycles. The molecular formula is C23H19N3O5S. The van der Waals surface area contributed by atoms with Crippen LogP contribution < -0.4 is 19.8 Å². The number of carbonyl (C=O) groups excluding carboxylic acids is 1. The van der Waals surface area contributed by atoms with Gasteiger partial charge in [-0.05, 0) is 43.7 Å². The van der Waals surface area contributed by atoms with Crippen LogP contribution in [0.25, 0.3) is 11.0 Å². The predicted molar refractivity (Wildman–Crippen MR) is 120 cm³/mol. The van der Waals surface area contributed by atoms with E-state index in [0.29, 0.717) is 38.2 Å². The van der Waals surface area contributed by atoms with Crippen molar-refractivity contribution in [2.75, 3.05) is 19.1 Å². The molecule has 5 rings (SSSR count). The number of nitrogens with zero attached hydrogens (tertiary/aromatic N) is 3. The van der Waals surface area contributed by atoms with Crippen LogP contribution in [0, 0.1) is 13.8 Å². The summed E-state index contributed by atoms with van der Waals surface area (Å²) in [4.78, 5) is 28.6. The zero-order valence-electron chi connectivity index (χ0n) is 17.8. The van der Waals surface area contributed by atoms with Crippen molar-refractivity contribution in [1.82, 2.24) is 10.2 Å². The maximum absolute atomic E-state index is 13.6. The van der Waals surface area contributed by atoms with Gasteiger partial charge in [0.25, 0.3) is 5.91 Å². The molecule has 3 heterocycles. The number of ether oxygens (including phenoxy) is 2. The van der Waals surface area contributed by atoms with E-state index in [0.717, 1.165) is 5.56 Å². The molecule has 1 aliphatic rings. The number of aryl methyl sites for hydroxylation is 2. The van der Waals surface area contributed by atoms with E-state index in [4.69, 9.17) is 13.9 Å². The van der Waals surface area contributed by atoms with Gasteiger partial charge in [-0.15, -0.1) is 10.2 Å². The molecule has 0 spiro atoms. The van der Waals surface area contributed by atoms with E-state index in [2.05, 4.69) is 10.2 Å². The Morgan fingerprint density at radius 3 is 2.47 bits per heavy atom. The van der Waals surface area contributed by atoms with E-state index in [1.54, 1.807) is 44.4 Å². The molecule has 0 N–H and O–H groups in total. The molecule has 0 saturated heterocycles. The van der Waals surface area contributed by atoms with Gasteiger partial charge in [-0.2, -0.15) is 0 Å². The van der Waals surface area contributed by atoms with Gasteiger partial charge in [-0.1, -0.05) is 29.0 Å². The summed E-state index contributed by atoms with van der Waals surface area (Å²) in [6, 6.07) is 9.88. The van der Waals surface area contributed by atoms with Crippen LogP contribution in [-0.2, 0) is 0 Å². The van der Waals surface area contributed by atoms with E-state index in [1.807, 2.05) is 13.0 Å². The van der Waals surface area contributed by atoms with Gasteiger partial charge in [0.05, 0.1) is 31.2 Å². The lowest BCUT2D eigenvalue weighted by Crippen LogP contribution is -2.29. The average molecular weight is 449 g/mol. The van der Waals surface area contributed by atoms with Crippen LogP contribution in [0.2, 0.25) is 0 Å². The first kappa shape index (κ1) is 20.2. The summed E-state index contributed by atoms with van der Waals surface area (Å²) < 4.78 is 16.8. The molecule has 0 unspecified atom stereocenters. The highest BCUT2D eigenvalue weighted by Crippen LogP contribution is 2.43. The van der Waals surface area contributed by atoms with Gasteiger partial charge in [-0.3, -0.25) is 14.5 Å². The van der Waals surface area contributed by atoms with Crippen molar-refractivity contribution in [3.8, 4) is 11.5 Å². The molecule has 32 heavy (non-hydrogen) atoms. The van der Waals surface area contributed by atoms with Gasteiger partial charge >= 0.3 is 0 Å². The van der Waals surface area contributed by atoms with E-state index in [9.17, 15) is 9.59 Å². The largest absolute Gasteiger partial charge is 0.493 e. The monoisotopic (exact) mass is 449 g/mol. The second-order valence-corrected chi connectivity index (χ2v) is 8.63. The molecule has 1 atom stereocenters. The number of rotatable bonds is 4. The Labute approximate surface area is 187 Å². The maximum atomic E-state index is 13.6. The van der Waals surface area contributed by atoms with Crippen LogP contribution in [0.4, 0.5) is 5.13 Å². The molecule has 0 radical (unpaired) electrons. The van der Waals surface area contributed by atoms with E-state index >= 15 is 0 Å². The number of carbonyl (C=O) groups is 1. The van der Waals surface area contributed by atoms with Crippen molar-refractivity contribution >= 4 is 33.3 Å². The second kappa shape index (κ2) is 7.45. The molecule has 2 aromatic carbocycles. The number of amides is 1. The highest BCUT2D eigenvalue weighted by atomic mass is 32.1. The van der Waals surface area contributed by atoms with Crippen LogP contribution in [0.5, 0.6) is 11.5 Å². The van der Waals surface area contributed by atoms with E-state index < -0.39 is 11.9 Å². The van der Waals surface area contributed by atoms with Gasteiger partial charge < -0.3 is 13.9 Å². The number of hydrogen-bond donors (Lipinski definition) is 0. The molecule has 0 fully saturated rings. The van der Waals surface area contributed by atoms with E-state index in [1.165, 1.54) is 23.3 Å². The Morgan fingerprint density at radius 2 is 1.78 bits per heavy atom. The summed E-state index contributed by atoms with van der Waals surface area (Å²) in [5.74, 6) is 0.607. The molecule has 8 nitrogen and oxygen atoms in total. The lowest BCUT2D eigenvalue weighted by Gasteiger charge is -2.23. The number of aromatic nitrogens is 2. The third kappa shape index (κ3) is 2.96. The van der Waals surface area contributed by atoms with Crippen LogP contribution >= 0.6 is 11.3 Å². The van der Waals surface area contributed by atoms with Crippen molar-refractivity contribution in [3.05, 3.63) is 74.1 Å². The van der Waals surface area contributed by atoms with Crippen LogP contribution in [0.1, 0.15) is 38.3 Å². The number of benzene rings is 2. The maximum Gasteiger partial charge on any atom is 0.297 e. The summed E-state index contributed by atoms with van der Waals surface area (Å²) in [6.45, 7) is 3.71. The van der Waals surface area contributed by atoms with Gasteiger partial charge in [0.2, 0.25) is 10.9 Å². The molecule has 1 aliphatic heterocycles. The second-order valence-electron chi connectivity index (χ2n) is 7.47. The van der Waals surface area contributed by atoms with Crippen molar-refractivity contribution in [1.29, 1.82) is 0 Å². The number of methoxy groups -OCH3 is 2. The predicted octanol–water partition coefficient (Wildman–Crippen LogP) is 4.03. The molecular weight excluding hydrogens is 430 g/mol. The molecule has 9 heteroatoms. The van der Waals surface area contributed by atoms with Crippen molar-refractivity contribution in [3.63, 3.8) is 0 Å². The quantitative estimate of drug-likeness (QED) is 0.464.